The molecule has 0 spiro atoms. The van der Waals surface area contributed by atoms with Crippen LogP contribution in [0.25, 0.3) is 11.4 Å². The number of imidazole rings is 1. The third kappa shape index (κ3) is 6.82. The Labute approximate surface area is 253 Å². The minimum atomic E-state index is -0.0905. The van der Waals surface area contributed by atoms with Crippen LogP contribution in [0.1, 0.15) is 42.9 Å². The molecule has 3 aromatic carbocycles. The lowest BCUT2D eigenvalue weighted by atomic mass is 9.97. The maximum absolute atomic E-state index is 13.3. The molecule has 4 aromatic rings. The van der Waals surface area contributed by atoms with E-state index in [9.17, 15) is 4.79 Å². The second-order valence-corrected chi connectivity index (χ2v) is 10.9. The number of hydrogen-bond donors (Lipinski definition) is 0. The average Bonchev–Trinajstić information content (AvgIpc) is 3.44. The Morgan fingerprint density at radius 2 is 1.47 bits per heavy atom. The van der Waals surface area contributed by atoms with Crippen LogP contribution >= 0.6 is 0 Å². The van der Waals surface area contributed by atoms with Crippen molar-refractivity contribution in [2.75, 3.05) is 20.2 Å². The molecule has 0 amide bonds. The Hall–Kier alpha value is -4.81. The highest BCUT2D eigenvalue weighted by molar-refractivity contribution is 5.51. The first-order chi connectivity index (χ1) is 21.2. The number of rotatable bonds is 11. The fourth-order valence-electron chi connectivity index (χ4n) is 5.63. The summed E-state index contributed by atoms with van der Waals surface area (Å²) in [7, 11) is 2.14. The quantitative estimate of drug-likeness (QED) is 0.187. The van der Waals surface area contributed by atoms with Gasteiger partial charge in [-0.3, -0.25) is 14.0 Å². The van der Waals surface area contributed by atoms with E-state index in [1.807, 2.05) is 61.0 Å². The fraction of sp³-hybridized carbons (Fsp3) is 0.216. The van der Waals surface area contributed by atoms with Gasteiger partial charge in [0.25, 0.3) is 0 Å². The lowest BCUT2D eigenvalue weighted by Crippen LogP contribution is -2.29. The molecule has 6 nitrogen and oxygen atoms in total. The zero-order chi connectivity index (χ0) is 29.4. The standard InChI is InChI=1S/C37H37N3O3/c1-38(36(29-11-5-2-6-12-29)30-13-7-3-8-14-30)27-28-42-33-21-17-31(18-22-33)39-25-26-40(37(39)41)32-19-23-35(24-20-32)43-34-15-9-4-10-16-34/h2-9,11-15,17,19-21,23-26,36H,10,16,18,22,27-28H2,1H3. The van der Waals surface area contributed by atoms with Crippen molar-refractivity contribution in [2.24, 2.45) is 0 Å². The fourth-order valence-corrected chi connectivity index (χ4v) is 5.63. The normalized spacial score (nSPS) is 14.8. The van der Waals surface area contributed by atoms with Gasteiger partial charge in [-0.2, -0.15) is 0 Å². The highest BCUT2D eigenvalue weighted by atomic mass is 16.5. The Kier molecular flexibility index (Phi) is 8.85. The number of benzene rings is 3. The van der Waals surface area contributed by atoms with E-state index in [4.69, 9.17) is 9.47 Å². The van der Waals surface area contributed by atoms with E-state index in [0.29, 0.717) is 6.61 Å². The molecule has 0 atom stereocenters. The van der Waals surface area contributed by atoms with Crippen molar-refractivity contribution in [2.45, 2.75) is 31.7 Å². The smallest absolute Gasteiger partial charge is 0.337 e. The topological polar surface area (TPSA) is 48.6 Å². The molecule has 0 aliphatic heterocycles. The summed E-state index contributed by atoms with van der Waals surface area (Å²) in [5.74, 6) is 2.67. The summed E-state index contributed by atoms with van der Waals surface area (Å²) in [6.45, 7) is 1.37. The van der Waals surface area contributed by atoms with Gasteiger partial charge in [0.2, 0.25) is 0 Å². The zero-order valence-electron chi connectivity index (χ0n) is 24.5. The molecule has 0 fully saturated rings. The van der Waals surface area contributed by atoms with E-state index in [1.54, 1.807) is 9.13 Å². The summed E-state index contributed by atoms with van der Waals surface area (Å²) in [5.41, 5.74) is 4.19. The SMILES string of the molecule is CN(CCOC1=CC=C(n2ccn(-c3ccc(OC4=CC=CCC4)cc3)c2=O)CC1)C(c1ccccc1)c1ccccc1. The molecule has 0 saturated carbocycles. The lowest BCUT2D eigenvalue weighted by Gasteiger charge is -2.29. The van der Waals surface area contributed by atoms with Crippen molar-refractivity contribution in [3.8, 4) is 11.4 Å². The molecule has 0 N–H and O–H groups in total. The second kappa shape index (κ2) is 13.4. The third-order valence-electron chi connectivity index (χ3n) is 7.92. The number of nitrogens with zero attached hydrogens (tertiary/aromatic N) is 3. The first kappa shape index (κ1) is 28.3. The summed E-state index contributed by atoms with van der Waals surface area (Å²) >= 11 is 0. The maximum atomic E-state index is 13.3. The summed E-state index contributed by atoms with van der Waals surface area (Å²) < 4.78 is 15.5. The van der Waals surface area contributed by atoms with Crippen LogP contribution in [-0.2, 0) is 4.74 Å². The van der Waals surface area contributed by atoms with Gasteiger partial charge >= 0.3 is 5.69 Å². The van der Waals surface area contributed by atoms with Gasteiger partial charge in [0, 0.05) is 37.5 Å². The van der Waals surface area contributed by atoms with Gasteiger partial charge in [0.15, 0.2) is 0 Å². The van der Waals surface area contributed by atoms with E-state index in [-0.39, 0.29) is 11.7 Å². The summed E-state index contributed by atoms with van der Waals surface area (Å²) in [6, 6.07) is 29.0. The molecule has 1 heterocycles. The first-order valence-corrected chi connectivity index (χ1v) is 14.9. The van der Waals surface area contributed by atoms with Gasteiger partial charge in [-0.25, -0.2) is 4.79 Å². The van der Waals surface area contributed by atoms with Crippen LogP contribution < -0.4 is 10.4 Å². The van der Waals surface area contributed by atoms with Gasteiger partial charge in [-0.1, -0.05) is 72.8 Å². The molecular weight excluding hydrogens is 534 g/mol. The number of ether oxygens (including phenoxy) is 2. The third-order valence-corrected chi connectivity index (χ3v) is 7.92. The minimum Gasteiger partial charge on any atom is -0.497 e. The number of allylic oxidation sites excluding steroid dienone is 8. The van der Waals surface area contributed by atoms with Crippen molar-refractivity contribution in [3.05, 3.63) is 161 Å². The molecule has 43 heavy (non-hydrogen) atoms. The van der Waals surface area contributed by atoms with Crippen molar-refractivity contribution in [1.29, 1.82) is 0 Å². The Morgan fingerprint density at radius 3 is 2.09 bits per heavy atom. The molecule has 2 aliphatic carbocycles. The summed E-state index contributed by atoms with van der Waals surface area (Å²) in [6.07, 6.45) is 17.2. The van der Waals surface area contributed by atoms with Crippen molar-refractivity contribution in [3.63, 3.8) is 0 Å². The van der Waals surface area contributed by atoms with E-state index < -0.39 is 0 Å². The molecule has 218 valence electrons. The molecule has 1 aromatic heterocycles. The van der Waals surface area contributed by atoms with Crippen LogP contribution in [0.15, 0.2) is 144 Å². The van der Waals surface area contributed by atoms with E-state index in [2.05, 4.69) is 78.7 Å². The molecule has 2 aliphatic rings. The summed E-state index contributed by atoms with van der Waals surface area (Å²) in [4.78, 5) is 15.6. The maximum Gasteiger partial charge on any atom is 0.337 e. The minimum absolute atomic E-state index is 0.0905. The number of likely N-dealkylation sites (N-methyl/N-ethyl adjacent to an activating group) is 1. The van der Waals surface area contributed by atoms with E-state index in [1.165, 1.54) is 11.1 Å². The summed E-state index contributed by atoms with van der Waals surface area (Å²) in [5, 5.41) is 0. The van der Waals surface area contributed by atoms with Crippen molar-refractivity contribution >= 4 is 5.70 Å². The van der Waals surface area contributed by atoms with E-state index >= 15 is 0 Å². The van der Waals surface area contributed by atoms with Gasteiger partial charge in [0.1, 0.15) is 18.1 Å². The van der Waals surface area contributed by atoms with Gasteiger partial charge < -0.3 is 9.47 Å². The van der Waals surface area contributed by atoms with Crippen LogP contribution in [-0.4, -0.2) is 34.2 Å². The molecule has 0 unspecified atom stereocenters. The lowest BCUT2D eigenvalue weighted by molar-refractivity contribution is 0.151. The highest BCUT2D eigenvalue weighted by Crippen LogP contribution is 2.28. The molecule has 6 heteroatoms. The largest absolute Gasteiger partial charge is 0.497 e. The Balaban J connectivity index is 1.07. The van der Waals surface area contributed by atoms with Gasteiger partial charge in [-0.15, -0.1) is 0 Å². The first-order valence-electron chi connectivity index (χ1n) is 14.9. The van der Waals surface area contributed by atoms with Crippen LogP contribution in [0.2, 0.25) is 0 Å². The second-order valence-electron chi connectivity index (χ2n) is 10.9. The molecule has 0 saturated heterocycles. The molecular formula is C37H37N3O3. The van der Waals surface area contributed by atoms with Gasteiger partial charge in [-0.05, 0) is 73.5 Å². The number of hydrogen-bond acceptors (Lipinski definition) is 4. The van der Waals surface area contributed by atoms with E-state index in [0.717, 1.165) is 60.9 Å². The molecule has 6 rings (SSSR count). The predicted molar refractivity (Wildman–Crippen MR) is 172 cm³/mol. The monoisotopic (exact) mass is 571 g/mol. The Morgan fingerprint density at radius 1 is 0.767 bits per heavy atom. The van der Waals surface area contributed by atoms with Crippen LogP contribution in [0.5, 0.6) is 5.75 Å². The zero-order valence-corrected chi connectivity index (χ0v) is 24.5. The van der Waals surface area contributed by atoms with Crippen molar-refractivity contribution in [1.82, 2.24) is 14.0 Å². The van der Waals surface area contributed by atoms with Crippen LogP contribution in [0.3, 0.4) is 0 Å². The average molecular weight is 572 g/mol. The van der Waals surface area contributed by atoms with Crippen LogP contribution in [0, 0.1) is 0 Å². The Bertz CT molecular complexity index is 1650. The highest BCUT2D eigenvalue weighted by Gasteiger charge is 2.19. The van der Waals surface area contributed by atoms with Crippen molar-refractivity contribution < 1.29 is 9.47 Å². The molecule has 0 bridgehead atoms. The predicted octanol–water partition coefficient (Wildman–Crippen LogP) is 7.51. The van der Waals surface area contributed by atoms with Crippen LogP contribution in [0.4, 0.5) is 0 Å². The number of aromatic nitrogens is 2. The van der Waals surface area contributed by atoms with Gasteiger partial charge in [0.05, 0.1) is 17.5 Å². The molecule has 0 radical (unpaired) electrons.